The van der Waals surface area contributed by atoms with Gasteiger partial charge in [-0.2, -0.15) is 0 Å². The SMILES string of the molecule is CCCCCCCCCCC(CCCCCCCC)COC(=O)CCN(CCCCN(C)C)CCC(=O)OCC(CCCCCCCC)CCCCCCCCCC. The quantitative estimate of drug-likeness (QED) is 0.0450. The molecule has 0 aliphatic carbocycles. The molecule has 0 fully saturated rings. The van der Waals surface area contributed by atoms with Gasteiger partial charge in [-0.3, -0.25) is 9.59 Å². The van der Waals surface area contributed by atoms with Crippen molar-refractivity contribution < 1.29 is 19.1 Å². The van der Waals surface area contributed by atoms with Crippen LogP contribution in [0.1, 0.15) is 259 Å². The highest BCUT2D eigenvalue weighted by atomic mass is 16.5. The Bertz CT molecular complexity index is 791. The van der Waals surface area contributed by atoms with Crippen LogP contribution in [0, 0.1) is 11.8 Å². The van der Waals surface area contributed by atoms with E-state index in [9.17, 15) is 9.59 Å². The summed E-state index contributed by atoms with van der Waals surface area (Å²) in [5.74, 6) is 0.798. The van der Waals surface area contributed by atoms with Crippen LogP contribution < -0.4 is 0 Å². The van der Waals surface area contributed by atoms with Gasteiger partial charge in [0.2, 0.25) is 0 Å². The van der Waals surface area contributed by atoms with Crippen molar-refractivity contribution in [2.24, 2.45) is 11.8 Å². The average molecular weight is 821 g/mol. The Labute approximate surface area is 363 Å². The zero-order chi connectivity index (χ0) is 42.6. The summed E-state index contributed by atoms with van der Waals surface area (Å²) in [5, 5.41) is 0. The number of unbranched alkanes of at least 4 members (excludes halogenated alkanes) is 25. The van der Waals surface area contributed by atoms with Crippen LogP contribution in [0.3, 0.4) is 0 Å². The second kappa shape index (κ2) is 45.4. The predicted octanol–water partition coefficient (Wildman–Crippen LogP) is 15.3. The number of carbonyl (C=O) groups is 2. The fourth-order valence-electron chi connectivity index (χ4n) is 8.35. The van der Waals surface area contributed by atoms with Crippen LogP contribution in [0.15, 0.2) is 0 Å². The van der Waals surface area contributed by atoms with Crippen molar-refractivity contribution in [2.45, 2.75) is 259 Å². The molecule has 0 amide bonds. The number of nitrogens with zero attached hydrogens (tertiary/aromatic N) is 2. The average Bonchev–Trinajstić information content (AvgIpc) is 3.21. The molecule has 0 heterocycles. The van der Waals surface area contributed by atoms with Gasteiger partial charge in [0.15, 0.2) is 0 Å². The second-order valence-electron chi connectivity index (χ2n) is 18.6. The zero-order valence-electron chi connectivity index (χ0n) is 40.4. The van der Waals surface area contributed by atoms with Gasteiger partial charge in [-0.05, 0) is 77.5 Å². The molecule has 0 aromatic rings. The predicted molar refractivity (Wildman–Crippen MR) is 253 cm³/mol. The van der Waals surface area contributed by atoms with Gasteiger partial charge in [0.05, 0.1) is 26.1 Å². The number of hydrogen-bond acceptors (Lipinski definition) is 6. The molecule has 0 N–H and O–H groups in total. The van der Waals surface area contributed by atoms with E-state index < -0.39 is 0 Å². The standard InChI is InChI=1S/C52H104N2O4/c1-7-11-15-19-23-25-29-33-39-49(37-31-27-21-17-13-9-3)47-57-51(55)41-45-54(44-36-35-43-53(5)6)46-42-52(56)58-48-50(38-32-28-22-18-14-10-4)40-34-30-26-24-20-16-12-8-2/h49-50H,7-48H2,1-6H3. The Morgan fingerprint density at radius 1 is 0.362 bits per heavy atom. The van der Waals surface area contributed by atoms with Gasteiger partial charge < -0.3 is 19.3 Å². The molecule has 6 heteroatoms. The number of ether oxygens (including phenoxy) is 2. The summed E-state index contributed by atoms with van der Waals surface area (Å²) in [5.41, 5.74) is 0. The van der Waals surface area contributed by atoms with Crippen molar-refractivity contribution in [2.75, 3.05) is 53.5 Å². The van der Waals surface area contributed by atoms with Crippen LogP contribution in [0.25, 0.3) is 0 Å². The molecule has 2 unspecified atom stereocenters. The monoisotopic (exact) mass is 821 g/mol. The molecule has 346 valence electrons. The number of carbonyl (C=O) groups excluding carboxylic acids is 2. The van der Waals surface area contributed by atoms with Crippen molar-refractivity contribution in [1.82, 2.24) is 9.80 Å². The van der Waals surface area contributed by atoms with E-state index in [1.165, 1.54) is 205 Å². The van der Waals surface area contributed by atoms with Crippen LogP contribution in [0.4, 0.5) is 0 Å². The minimum Gasteiger partial charge on any atom is -0.465 e. The molecule has 0 saturated heterocycles. The van der Waals surface area contributed by atoms with E-state index in [1.54, 1.807) is 0 Å². The summed E-state index contributed by atoms with van der Waals surface area (Å²) in [6.45, 7) is 13.5. The lowest BCUT2D eigenvalue weighted by Gasteiger charge is -2.23. The van der Waals surface area contributed by atoms with Gasteiger partial charge in [0.1, 0.15) is 0 Å². The Kier molecular flexibility index (Phi) is 44.5. The smallest absolute Gasteiger partial charge is 0.307 e. The maximum Gasteiger partial charge on any atom is 0.307 e. The molecule has 2 atom stereocenters. The van der Waals surface area contributed by atoms with E-state index in [0.29, 0.717) is 51.0 Å². The van der Waals surface area contributed by atoms with Crippen LogP contribution >= 0.6 is 0 Å². The fraction of sp³-hybridized carbons (Fsp3) is 0.962. The molecule has 0 aromatic heterocycles. The Morgan fingerprint density at radius 2 is 0.638 bits per heavy atom. The van der Waals surface area contributed by atoms with Crippen molar-refractivity contribution in [1.29, 1.82) is 0 Å². The van der Waals surface area contributed by atoms with Crippen molar-refractivity contribution in [3.05, 3.63) is 0 Å². The highest BCUT2D eigenvalue weighted by molar-refractivity contribution is 5.70. The fourth-order valence-corrected chi connectivity index (χ4v) is 8.35. The Hall–Kier alpha value is -1.14. The Morgan fingerprint density at radius 3 is 0.931 bits per heavy atom. The lowest BCUT2D eigenvalue weighted by Crippen LogP contribution is -2.31. The van der Waals surface area contributed by atoms with Crippen LogP contribution in [0.5, 0.6) is 0 Å². The summed E-state index contributed by atoms with van der Waals surface area (Å²) >= 11 is 0. The summed E-state index contributed by atoms with van der Waals surface area (Å²) in [4.78, 5) is 30.8. The van der Waals surface area contributed by atoms with Gasteiger partial charge in [0.25, 0.3) is 0 Å². The van der Waals surface area contributed by atoms with Crippen LogP contribution in [-0.2, 0) is 19.1 Å². The van der Waals surface area contributed by atoms with E-state index in [1.807, 2.05) is 0 Å². The highest BCUT2D eigenvalue weighted by Crippen LogP contribution is 2.22. The molecule has 0 aliphatic rings. The zero-order valence-corrected chi connectivity index (χ0v) is 40.4. The summed E-state index contributed by atoms with van der Waals surface area (Å²) in [6, 6.07) is 0. The number of esters is 2. The third-order valence-corrected chi connectivity index (χ3v) is 12.4. The van der Waals surface area contributed by atoms with Crippen LogP contribution in [0.2, 0.25) is 0 Å². The lowest BCUT2D eigenvalue weighted by molar-refractivity contribution is -0.145. The van der Waals surface area contributed by atoms with Gasteiger partial charge in [-0.25, -0.2) is 0 Å². The first-order chi connectivity index (χ1) is 28.4. The first kappa shape index (κ1) is 56.9. The summed E-state index contributed by atoms with van der Waals surface area (Å²) in [7, 11) is 4.24. The molecule has 58 heavy (non-hydrogen) atoms. The second-order valence-corrected chi connectivity index (χ2v) is 18.6. The third kappa shape index (κ3) is 41.6. The van der Waals surface area contributed by atoms with E-state index in [4.69, 9.17) is 9.47 Å². The molecular weight excluding hydrogens is 717 g/mol. The highest BCUT2D eigenvalue weighted by Gasteiger charge is 2.17. The molecule has 6 nitrogen and oxygen atoms in total. The normalized spacial score (nSPS) is 12.8. The van der Waals surface area contributed by atoms with Gasteiger partial charge >= 0.3 is 11.9 Å². The topological polar surface area (TPSA) is 59.1 Å². The van der Waals surface area contributed by atoms with Crippen molar-refractivity contribution >= 4 is 11.9 Å². The van der Waals surface area contributed by atoms with Crippen LogP contribution in [-0.4, -0.2) is 75.2 Å². The van der Waals surface area contributed by atoms with E-state index in [0.717, 1.165) is 25.9 Å². The van der Waals surface area contributed by atoms with E-state index >= 15 is 0 Å². The maximum atomic E-state index is 13.1. The minimum absolute atomic E-state index is 0.0803. The van der Waals surface area contributed by atoms with Crippen molar-refractivity contribution in [3.8, 4) is 0 Å². The number of hydrogen-bond donors (Lipinski definition) is 0. The largest absolute Gasteiger partial charge is 0.465 e. The summed E-state index contributed by atoms with van der Waals surface area (Å²) in [6.07, 6.45) is 44.7. The molecular formula is C52H104N2O4. The number of rotatable bonds is 47. The molecule has 0 bridgehead atoms. The Balaban J connectivity index is 4.98. The molecule has 0 rings (SSSR count). The van der Waals surface area contributed by atoms with Gasteiger partial charge in [-0.15, -0.1) is 0 Å². The summed E-state index contributed by atoms with van der Waals surface area (Å²) < 4.78 is 12.0. The van der Waals surface area contributed by atoms with Gasteiger partial charge in [0, 0.05) is 13.1 Å². The molecule has 0 aromatic carbocycles. The maximum absolute atomic E-state index is 13.1. The first-order valence-electron chi connectivity index (χ1n) is 26.0. The molecule has 0 saturated carbocycles. The van der Waals surface area contributed by atoms with E-state index in [2.05, 4.69) is 51.6 Å². The first-order valence-corrected chi connectivity index (χ1v) is 26.0. The third-order valence-electron chi connectivity index (χ3n) is 12.4. The molecule has 0 radical (unpaired) electrons. The lowest BCUT2D eigenvalue weighted by atomic mass is 9.94. The van der Waals surface area contributed by atoms with Crippen molar-refractivity contribution in [3.63, 3.8) is 0 Å². The molecule has 0 spiro atoms. The molecule has 0 aliphatic heterocycles. The van der Waals surface area contributed by atoms with Gasteiger partial charge in [-0.1, -0.05) is 207 Å². The van der Waals surface area contributed by atoms with E-state index in [-0.39, 0.29) is 11.9 Å². The minimum atomic E-state index is -0.0803.